The van der Waals surface area contributed by atoms with Crippen LogP contribution in [0.5, 0.6) is 0 Å². The average Bonchev–Trinajstić information content (AvgIpc) is 3.19. The molecule has 4 aromatic rings. The topological polar surface area (TPSA) is 0 Å². The van der Waals surface area contributed by atoms with E-state index in [1.807, 2.05) is 0 Å². The van der Waals surface area contributed by atoms with Gasteiger partial charge in [0.1, 0.15) is 0 Å². The quantitative estimate of drug-likeness (QED) is 0.324. The molecule has 112 valence electrons. The van der Waals surface area contributed by atoms with Crippen LogP contribution in [0.1, 0.15) is 22.3 Å². The SMILES string of the molecule is c1ccc2c(c1)Cc1c-2ccc2c1-c1ccc3ccccc3c1C2. The van der Waals surface area contributed by atoms with E-state index in [-0.39, 0.29) is 0 Å². The van der Waals surface area contributed by atoms with Gasteiger partial charge in [-0.25, -0.2) is 0 Å². The Kier molecular flexibility index (Phi) is 2.28. The van der Waals surface area contributed by atoms with Gasteiger partial charge in [0.15, 0.2) is 0 Å². The lowest BCUT2D eigenvalue weighted by atomic mass is 9.94. The molecule has 0 aromatic heterocycles. The largest absolute Gasteiger partial charge is 0.0619 e. The van der Waals surface area contributed by atoms with Crippen molar-refractivity contribution < 1.29 is 0 Å². The van der Waals surface area contributed by atoms with Crippen LogP contribution in [-0.4, -0.2) is 0 Å². The highest BCUT2D eigenvalue weighted by Gasteiger charge is 2.28. The van der Waals surface area contributed by atoms with Gasteiger partial charge in [0.05, 0.1) is 0 Å². The minimum atomic E-state index is 1.07. The average molecular weight is 304 g/mol. The van der Waals surface area contributed by atoms with E-state index in [0.717, 1.165) is 12.8 Å². The third kappa shape index (κ3) is 1.48. The third-order valence-corrected chi connectivity index (χ3v) is 5.75. The first kappa shape index (κ1) is 12.5. The minimum Gasteiger partial charge on any atom is -0.0619 e. The first-order chi connectivity index (χ1) is 11.9. The van der Waals surface area contributed by atoms with Crippen LogP contribution in [0.4, 0.5) is 0 Å². The molecule has 0 atom stereocenters. The van der Waals surface area contributed by atoms with E-state index in [1.54, 1.807) is 0 Å². The summed E-state index contributed by atoms with van der Waals surface area (Å²) in [6, 6.07) is 27.0. The van der Waals surface area contributed by atoms with Crippen molar-refractivity contribution in [3.8, 4) is 22.3 Å². The molecule has 0 bridgehead atoms. The van der Waals surface area contributed by atoms with Crippen molar-refractivity contribution in [1.29, 1.82) is 0 Å². The monoisotopic (exact) mass is 304 g/mol. The van der Waals surface area contributed by atoms with Crippen molar-refractivity contribution >= 4 is 10.8 Å². The molecule has 0 heterocycles. The molecule has 0 aliphatic heterocycles. The second-order valence-electron chi connectivity index (χ2n) is 6.95. The summed E-state index contributed by atoms with van der Waals surface area (Å²) in [6.07, 6.45) is 2.14. The Morgan fingerprint density at radius 2 is 1.29 bits per heavy atom. The highest BCUT2D eigenvalue weighted by atomic mass is 14.3. The molecule has 0 spiro atoms. The highest BCUT2D eigenvalue weighted by Crippen LogP contribution is 2.48. The van der Waals surface area contributed by atoms with Crippen molar-refractivity contribution in [2.75, 3.05) is 0 Å². The number of fused-ring (bicyclic) bond motifs is 9. The number of benzene rings is 4. The van der Waals surface area contributed by atoms with E-state index in [0.29, 0.717) is 0 Å². The van der Waals surface area contributed by atoms with Crippen LogP contribution >= 0.6 is 0 Å². The fourth-order valence-corrected chi connectivity index (χ4v) is 4.69. The molecule has 0 heteroatoms. The lowest BCUT2D eigenvalue weighted by molar-refractivity contribution is 1.24. The molecule has 0 radical (unpaired) electrons. The van der Waals surface area contributed by atoms with Gasteiger partial charge in [-0.3, -0.25) is 0 Å². The predicted octanol–water partition coefficient (Wildman–Crippen LogP) is 5.98. The van der Waals surface area contributed by atoms with E-state index in [1.165, 1.54) is 55.3 Å². The van der Waals surface area contributed by atoms with Gasteiger partial charge in [0.2, 0.25) is 0 Å². The van der Waals surface area contributed by atoms with Gasteiger partial charge in [-0.1, -0.05) is 72.8 Å². The number of hydrogen-bond donors (Lipinski definition) is 0. The summed E-state index contributed by atoms with van der Waals surface area (Å²) in [4.78, 5) is 0. The molecule has 0 nitrogen and oxygen atoms in total. The molecule has 0 fully saturated rings. The molecule has 2 aliphatic carbocycles. The fourth-order valence-electron chi connectivity index (χ4n) is 4.69. The maximum absolute atomic E-state index is 2.35. The maximum Gasteiger partial charge on any atom is -0.000717 e. The van der Waals surface area contributed by atoms with E-state index < -0.39 is 0 Å². The van der Waals surface area contributed by atoms with Crippen molar-refractivity contribution in [1.82, 2.24) is 0 Å². The van der Waals surface area contributed by atoms with E-state index >= 15 is 0 Å². The van der Waals surface area contributed by atoms with Crippen LogP contribution in [0.25, 0.3) is 33.0 Å². The van der Waals surface area contributed by atoms with Crippen LogP contribution in [-0.2, 0) is 12.8 Å². The summed E-state index contributed by atoms with van der Waals surface area (Å²) in [5.41, 5.74) is 11.8. The van der Waals surface area contributed by atoms with Gasteiger partial charge < -0.3 is 0 Å². The second-order valence-corrected chi connectivity index (χ2v) is 6.95. The first-order valence-electron chi connectivity index (χ1n) is 8.64. The molecule has 0 amide bonds. The highest BCUT2D eigenvalue weighted by molar-refractivity contribution is 5.98. The van der Waals surface area contributed by atoms with Crippen LogP contribution < -0.4 is 0 Å². The third-order valence-electron chi connectivity index (χ3n) is 5.75. The molecule has 2 aliphatic rings. The van der Waals surface area contributed by atoms with Gasteiger partial charge in [0, 0.05) is 0 Å². The van der Waals surface area contributed by atoms with Crippen LogP contribution in [0.2, 0.25) is 0 Å². The van der Waals surface area contributed by atoms with Crippen LogP contribution in [0.3, 0.4) is 0 Å². The zero-order valence-corrected chi connectivity index (χ0v) is 13.3. The molecule has 24 heavy (non-hydrogen) atoms. The Hall–Kier alpha value is -2.86. The minimum absolute atomic E-state index is 1.07. The number of rotatable bonds is 0. The summed E-state index contributed by atoms with van der Waals surface area (Å²) >= 11 is 0. The van der Waals surface area contributed by atoms with Crippen molar-refractivity contribution in [3.05, 3.63) is 95.1 Å². The summed E-state index contributed by atoms with van der Waals surface area (Å²) in [6.45, 7) is 0. The fraction of sp³-hybridized carbons (Fsp3) is 0.0833. The summed E-state index contributed by atoms with van der Waals surface area (Å²) < 4.78 is 0. The molecule has 0 unspecified atom stereocenters. The molecule has 4 aromatic carbocycles. The predicted molar refractivity (Wildman–Crippen MR) is 100 cm³/mol. The zero-order chi connectivity index (χ0) is 15.7. The Morgan fingerprint density at radius 1 is 0.500 bits per heavy atom. The molecule has 0 saturated carbocycles. The lowest BCUT2D eigenvalue weighted by Crippen LogP contribution is -1.88. The standard InChI is InChI=1S/C24H16/c1-3-7-18-15(5-1)9-12-21-22(18)14-17-10-11-20-19-8-4-2-6-16(19)13-23(20)24(17)21/h1-12H,13-14H2. The Balaban J connectivity index is 1.67. The van der Waals surface area contributed by atoms with Gasteiger partial charge >= 0.3 is 0 Å². The normalized spacial score (nSPS) is 13.5. The molecule has 0 N–H and O–H groups in total. The summed E-state index contributed by atoms with van der Waals surface area (Å²) in [7, 11) is 0. The molecular formula is C24H16. The second kappa shape index (κ2) is 4.36. The van der Waals surface area contributed by atoms with Gasteiger partial charge in [-0.2, -0.15) is 0 Å². The molecule has 6 rings (SSSR count). The first-order valence-corrected chi connectivity index (χ1v) is 8.64. The van der Waals surface area contributed by atoms with Crippen LogP contribution in [0.15, 0.2) is 72.8 Å². The Labute approximate surface area is 141 Å². The number of hydrogen-bond acceptors (Lipinski definition) is 0. The molecule has 0 saturated heterocycles. The molecular weight excluding hydrogens is 288 g/mol. The summed E-state index contributed by atoms with van der Waals surface area (Å²) in [5, 5.41) is 2.76. The van der Waals surface area contributed by atoms with Gasteiger partial charge in [-0.05, 0) is 68.1 Å². The summed E-state index contributed by atoms with van der Waals surface area (Å²) in [5.74, 6) is 0. The van der Waals surface area contributed by atoms with E-state index in [2.05, 4.69) is 72.8 Å². The van der Waals surface area contributed by atoms with Crippen molar-refractivity contribution in [3.63, 3.8) is 0 Å². The van der Waals surface area contributed by atoms with Crippen LogP contribution in [0, 0.1) is 0 Å². The lowest BCUT2D eigenvalue weighted by Gasteiger charge is -2.09. The van der Waals surface area contributed by atoms with Crippen molar-refractivity contribution in [2.24, 2.45) is 0 Å². The smallest absolute Gasteiger partial charge is 0.000717 e. The zero-order valence-electron chi connectivity index (χ0n) is 13.3. The van der Waals surface area contributed by atoms with Gasteiger partial charge in [0.25, 0.3) is 0 Å². The van der Waals surface area contributed by atoms with Gasteiger partial charge in [-0.15, -0.1) is 0 Å². The van der Waals surface area contributed by atoms with Crippen molar-refractivity contribution in [2.45, 2.75) is 12.8 Å². The van der Waals surface area contributed by atoms with E-state index in [4.69, 9.17) is 0 Å². The maximum atomic E-state index is 2.35. The Morgan fingerprint density at radius 3 is 2.29 bits per heavy atom. The van der Waals surface area contributed by atoms with E-state index in [9.17, 15) is 0 Å². The Bertz CT molecular complexity index is 1150.